The third-order valence-electron chi connectivity index (χ3n) is 2.29. The molecular formula is C11H14N2O4. The molecule has 17 heavy (non-hydrogen) atoms. The molecule has 2 N–H and O–H groups in total. The van der Waals surface area contributed by atoms with Gasteiger partial charge in [-0.2, -0.15) is 0 Å². The normalized spacial score (nSPS) is 9.94. The lowest BCUT2D eigenvalue weighted by Crippen LogP contribution is -2.05. The monoisotopic (exact) mass is 238 g/mol. The van der Waals surface area contributed by atoms with Crippen molar-refractivity contribution in [3.8, 4) is 0 Å². The van der Waals surface area contributed by atoms with Crippen LogP contribution in [0.5, 0.6) is 0 Å². The molecule has 0 aliphatic rings. The zero-order valence-electron chi connectivity index (χ0n) is 9.47. The lowest BCUT2D eigenvalue weighted by molar-refractivity contribution is -0.385. The Hall–Kier alpha value is -2.11. The maximum Gasteiger partial charge on any atom is 0.303 e. The minimum atomic E-state index is -0.827. The van der Waals surface area contributed by atoms with E-state index in [-0.39, 0.29) is 12.1 Å². The Morgan fingerprint density at radius 3 is 2.76 bits per heavy atom. The highest BCUT2D eigenvalue weighted by Crippen LogP contribution is 2.21. The number of aliphatic carboxylic acids is 1. The molecule has 0 heterocycles. The lowest BCUT2D eigenvalue weighted by Gasteiger charge is -2.06. The van der Waals surface area contributed by atoms with Gasteiger partial charge in [-0.1, -0.05) is 0 Å². The second-order valence-corrected chi connectivity index (χ2v) is 3.68. The van der Waals surface area contributed by atoms with E-state index in [1.165, 1.54) is 6.07 Å². The molecule has 0 bridgehead atoms. The SMILES string of the molecule is Cc1cc(NCCCC(=O)O)ccc1[N+](=O)[O-]. The summed E-state index contributed by atoms with van der Waals surface area (Å²) >= 11 is 0. The van der Waals surface area contributed by atoms with Crippen LogP contribution in [0.3, 0.4) is 0 Å². The lowest BCUT2D eigenvalue weighted by atomic mass is 10.2. The molecule has 0 aliphatic heterocycles. The van der Waals surface area contributed by atoms with Gasteiger partial charge in [-0.15, -0.1) is 0 Å². The number of rotatable bonds is 6. The summed E-state index contributed by atoms with van der Waals surface area (Å²) in [4.78, 5) is 20.4. The molecule has 0 fully saturated rings. The highest BCUT2D eigenvalue weighted by Gasteiger charge is 2.09. The summed E-state index contributed by atoms with van der Waals surface area (Å²) in [7, 11) is 0. The average molecular weight is 238 g/mol. The molecule has 6 nitrogen and oxygen atoms in total. The molecule has 6 heteroatoms. The van der Waals surface area contributed by atoms with Crippen molar-refractivity contribution in [3.05, 3.63) is 33.9 Å². The molecule has 0 saturated carbocycles. The van der Waals surface area contributed by atoms with Gasteiger partial charge in [-0.05, 0) is 25.5 Å². The van der Waals surface area contributed by atoms with Crippen LogP contribution >= 0.6 is 0 Å². The van der Waals surface area contributed by atoms with Gasteiger partial charge in [0.25, 0.3) is 5.69 Å². The first kappa shape index (κ1) is 13.0. The molecule has 0 saturated heterocycles. The fraction of sp³-hybridized carbons (Fsp3) is 0.364. The molecule has 0 radical (unpaired) electrons. The summed E-state index contributed by atoms with van der Waals surface area (Å²) in [6.45, 7) is 2.20. The van der Waals surface area contributed by atoms with Crippen LogP contribution < -0.4 is 5.32 Å². The standard InChI is InChI=1S/C11H14N2O4/c1-8-7-9(4-5-10(8)13(16)17)12-6-2-3-11(14)15/h4-5,7,12H,2-3,6H2,1H3,(H,14,15). The zero-order valence-corrected chi connectivity index (χ0v) is 9.47. The smallest absolute Gasteiger partial charge is 0.303 e. The second kappa shape index (κ2) is 5.83. The Morgan fingerprint density at radius 1 is 1.53 bits per heavy atom. The van der Waals surface area contributed by atoms with Gasteiger partial charge in [0.15, 0.2) is 0 Å². The minimum absolute atomic E-state index is 0.0843. The molecule has 0 unspecified atom stereocenters. The first-order chi connectivity index (χ1) is 8.00. The van der Waals surface area contributed by atoms with Gasteiger partial charge in [-0.3, -0.25) is 14.9 Å². The fourth-order valence-corrected chi connectivity index (χ4v) is 1.44. The number of hydrogen-bond donors (Lipinski definition) is 2. The molecule has 1 aromatic rings. The number of carbonyl (C=O) groups is 1. The van der Waals surface area contributed by atoms with Crippen LogP contribution in [-0.2, 0) is 4.79 Å². The Kier molecular flexibility index (Phi) is 4.45. The highest BCUT2D eigenvalue weighted by molar-refractivity contribution is 5.66. The third-order valence-corrected chi connectivity index (χ3v) is 2.29. The number of carboxylic acids is 1. The Balaban J connectivity index is 2.53. The van der Waals surface area contributed by atoms with E-state index in [1.807, 2.05) is 0 Å². The van der Waals surface area contributed by atoms with Crippen molar-refractivity contribution in [3.63, 3.8) is 0 Å². The van der Waals surface area contributed by atoms with Crippen molar-refractivity contribution in [2.45, 2.75) is 19.8 Å². The molecule has 0 spiro atoms. The maximum absolute atomic E-state index is 10.6. The number of benzene rings is 1. The van der Waals surface area contributed by atoms with Crippen molar-refractivity contribution in [1.29, 1.82) is 0 Å². The molecule has 0 aromatic heterocycles. The number of aryl methyl sites for hydroxylation is 1. The molecule has 92 valence electrons. The number of carboxylic acid groups (broad SMARTS) is 1. The van der Waals surface area contributed by atoms with Gasteiger partial charge < -0.3 is 10.4 Å². The largest absolute Gasteiger partial charge is 0.481 e. The summed E-state index contributed by atoms with van der Waals surface area (Å²) < 4.78 is 0. The van der Waals surface area contributed by atoms with E-state index in [4.69, 9.17) is 5.11 Å². The summed E-state index contributed by atoms with van der Waals surface area (Å²) in [5.74, 6) is -0.827. The molecule has 0 amide bonds. The van der Waals surface area contributed by atoms with Gasteiger partial charge in [0, 0.05) is 30.3 Å². The number of anilines is 1. The molecule has 1 aromatic carbocycles. The summed E-state index contributed by atoms with van der Waals surface area (Å²) in [5, 5.41) is 22.1. The van der Waals surface area contributed by atoms with Crippen molar-refractivity contribution in [1.82, 2.24) is 0 Å². The van der Waals surface area contributed by atoms with Crippen molar-refractivity contribution in [2.75, 3.05) is 11.9 Å². The molecule has 0 aliphatic carbocycles. The predicted molar refractivity (Wildman–Crippen MR) is 63.2 cm³/mol. The summed E-state index contributed by atoms with van der Waals surface area (Å²) in [6, 6.07) is 4.74. The second-order valence-electron chi connectivity index (χ2n) is 3.68. The van der Waals surface area contributed by atoms with E-state index in [9.17, 15) is 14.9 Å². The van der Waals surface area contributed by atoms with E-state index in [2.05, 4.69) is 5.32 Å². The van der Waals surface area contributed by atoms with Crippen LogP contribution in [-0.4, -0.2) is 22.5 Å². The van der Waals surface area contributed by atoms with E-state index in [1.54, 1.807) is 19.1 Å². The topological polar surface area (TPSA) is 92.5 Å². The van der Waals surface area contributed by atoms with Crippen molar-refractivity contribution in [2.24, 2.45) is 0 Å². The number of nitrogens with zero attached hydrogens (tertiary/aromatic N) is 1. The van der Waals surface area contributed by atoms with Crippen LogP contribution in [0.2, 0.25) is 0 Å². The van der Waals surface area contributed by atoms with E-state index in [0.29, 0.717) is 18.5 Å². The third kappa shape index (κ3) is 4.10. The van der Waals surface area contributed by atoms with Crippen LogP contribution in [0.25, 0.3) is 0 Å². The minimum Gasteiger partial charge on any atom is -0.481 e. The number of nitro groups is 1. The Bertz CT molecular complexity index is 431. The quantitative estimate of drug-likeness (QED) is 0.450. The highest BCUT2D eigenvalue weighted by atomic mass is 16.6. The van der Waals surface area contributed by atoms with Gasteiger partial charge in [0.05, 0.1) is 4.92 Å². The molecular weight excluding hydrogens is 224 g/mol. The van der Waals surface area contributed by atoms with E-state index in [0.717, 1.165) is 5.69 Å². The van der Waals surface area contributed by atoms with Crippen LogP contribution in [0.4, 0.5) is 11.4 Å². The van der Waals surface area contributed by atoms with E-state index < -0.39 is 10.9 Å². The van der Waals surface area contributed by atoms with Gasteiger partial charge in [0.1, 0.15) is 0 Å². The average Bonchev–Trinajstić information content (AvgIpc) is 2.23. The molecule has 0 atom stereocenters. The van der Waals surface area contributed by atoms with Crippen molar-refractivity contribution >= 4 is 17.3 Å². The van der Waals surface area contributed by atoms with Crippen molar-refractivity contribution < 1.29 is 14.8 Å². The number of nitro benzene ring substituents is 1. The first-order valence-corrected chi connectivity index (χ1v) is 5.21. The van der Waals surface area contributed by atoms with Crippen LogP contribution in [0.15, 0.2) is 18.2 Å². The van der Waals surface area contributed by atoms with Gasteiger partial charge >= 0.3 is 5.97 Å². The molecule has 1 rings (SSSR count). The zero-order chi connectivity index (χ0) is 12.8. The first-order valence-electron chi connectivity index (χ1n) is 5.21. The number of hydrogen-bond acceptors (Lipinski definition) is 4. The van der Waals surface area contributed by atoms with Crippen LogP contribution in [0.1, 0.15) is 18.4 Å². The number of nitrogens with one attached hydrogen (secondary N) is 1. The Morgan fingerprint density at radius 2 is 2.24 bits per heavy atom. The van der Waals surface area contributed by atoms with Gasteiger partial charge in [-0.25, -0.2) is 0 Å². The maximum atomic E-state index is 10.6. The predicted octanol–water partition coefficient (Wildman–Crippen LogP) is 2.18. The Labute approximate surface area is 98.4 Å². The van der Waals surface area contributed by atoms with Gasteiger partial charge in [0.2, 0.25) is 0 Å². The van der Waals surface area contributed by atoms with Crippen LogP contribution in [0, 0.1) is 17.0 Å². The fourth-order valence-electron chi connectivity index (χ4n) is 1.44. The summed E-state index contributed by atoms with van der Waals surface area (Å²) in [5.41, 5.74) is 1.43. The van der Waals surface area contributed by atoms with E-state index >= 15 is 0 Å². The summed E-state index contributed by atoms with van der Waals surface area (Å²) in [6.07, 6.45) is 0.629.